The normalized spacial score (nSPS) is 10.8. The van der Waals surface area contributed by atoms with Crippen LogP contribution in [0.25, 0.3) is 22.5 Å². The quantitative estimate of drug-likeness (QED) is 0.532. The molecule has 4 N–H and O–H groups in total. The minimum Gasteiger partial charge on any atom is -0.326 e. The van der Waals surface area contributed by atoms with Gasteiger partial charge in [0.25, 0.3) is 0 Å². The van der Waals surface area contributed by atoms with Crippen LogP contribution >= 0.6 is 0 Å². The number of rotatable bonds is 5. The predicted molar refractivity (Wildman–Crippen MR) is 111 cm³/mol. The minimum absolute atomic E-state index is 0.565. The van der Waals surface area contributed by atoms with Gasteiger partial charge >= 0.3 is 0 Å². The molecule has 0 saturated heterocycles. The van der Waals surface area contributed by atoms with Crippen molar-refractivity contribution in [3.05, 3.63) is 109 Å². The van der Waals surface area contributed by atoms with E-state index in [0.717, 1.165) is 22.5 Å². The molecule has 0 unspecified atom stereocenters. The highest BCUT2D eigenvalue weighted by atomic mass is 14.9. The second-order valence-corrected chi connectivity index (χ2v) is 6.73. The number of nitrogens with zero attached hydrogens (tertiary/aromatic N) is 2. The summed E-state index contributed by atoms with van der Waals surface area (Å²) in [6.45, 7) is 1.13. The van der Waals surface area contributed by atoms with E-state index in [1.807, 2.05) is 0 Å². The monoisotopic (exact) mass is 368 g/mol. The van der Waals surface area contributed by atoms with Gasteiger partial charge in [-0.2, -0.15) is 9.13 Å². The Morgan fingerprint density at radius 1 is 0.464 bits per heavy atom. The van der Waals surface area contributed by atoms with Crippen molar-refractivity contribution in [3.8, 4) is 22.5 Å². The van der Waals surface area contributed by atoms with Gasteiger partial charge in [0.2, 0.25) is 11.4 Å². The van der Waals surface area contributed by atoms with E-state index in [4.69, 9.17) is 11.5 Å². The van der Waals surface area contributed by atoms with Crippen LogP contribution in [0, 0.1) is 0 Å². The zero-order valence-electron chi connectivity index (χ0n) is 15.7. The Hall–Kier alpha value is -3.34. The standard InChI is InChI=1S/C24H24N4/c25-17-19-1-5-23(6-2-19)27-13-9-21(10-14-27)22-11-15-28(16-12-22)24-7-3-20(18-26)4-8-24/h1-16H,17-18,25-26H2/q+2. The summed E-state index contributed by atoms with van der Waals surface area (Å²) in [6.07, 6.45) is 8.33. The molecular formula is C24H24N4+2. The third kappa shape index (κ3) is 3.83. The fourth-order valence-electron chi connectivity index (χ4n) is 3.19. The van der Waals surface area contributed by atoms with Crippen molar-refractivity contribution in [2.24, 2.45) is 11.5 Å². The Balaban J connectivity index is 1.53. The average molecular weight is 368 g/mol. The first-order chi connectivity index (χ1) is 13.8. The zero-order valence-corrected chi connectivity index (χ0v) is 15.7. The van der Waals surface area contributed by atoms with Gasteiger partial charge in [0.1, 0.15) is 0 Å². The first-order valence-electron chi connectivity index (χ1n) is 9.38. The van der Waals surface area contributed by atoms with Crippen LogP contribution in [0.15, 0.2) is 97.6 Å². The van der Waals surface area contributed by atoms with Gasteiger partial charge in [-0.05, 0) is 22.3 Å². The van der Waals surface area contributed by atoms with Crippen molar-refractivity contribution < 1.29 is 9.13 Å². The van der Waals surface area contributed by atoms with Gasteiger partial charge in [0.05, 0.1) is 0 Å². The molecule has 4 aromatic rings. The SMILES string of the molecule is NCc1ccc(-[n+]2ccc(-c3cc[n+](-c4ccc(CN)cc4)cc3)cc2)cc1. The van der Waals surface area contributed by atoms with E-state index >= 15 is 0 Å². The van der Waals surface area contributed by atoms with Crippen molar-refractivity contribution in [1.29, 1.82) is 0 Å². The van der Waals surface area contributed by atoms with Crippen LogP contribution in [0.1, 0.15) is 11.1 Å². The Morgan fingerprint density at radius 2 is 0.786 bits per heavy atom. The van der Waals surface area contributed by atoms with Crippen LogP contribution in [0.2, 0.25) is 0 Å². The van der Waals surface area contributed by atoms with E-state index in [-0.39, 0.29) is 0 Å². The van der Waals surface area contributed by atoms with E-state index in [1.54, 1.807) is 0 Å². The molecule has 0 spiro atoms. The summed E-state index contributed by atoms with van der Waals surface area (Å²) in [4.78, 5) is 0. The second kappa shape index (κ2) is 8.13. The molecule has 0 bridgehead atoms. The maximum Gasteiger partial charge on any atom is 0.210 e. The van der Waals surface area contributed by atoms with E-state index in [0.29, 0.717) is 13.1 Å². The van der Waals surface area contributed by atoms with Crippen LogP contribution in [0.4, 0.5) is 0 Å². The highest BCUT2D eigenvalue weighted by molar-refractivity contribution is 5.61. The van der Waals surface area contributed by atoms with Gasteiger partial charge in [0.15, 0.2) is 24.8 Å². The van der Waals surface area contributed by atoms with E-state index in [9.17, 15) is 0 Å². The molecule has 0 aliphatic carbocycles. The Bertz CT molecular complexity index is 947. The predicted octanol–water partition coefficient (Wildman–Crippen LogP) is 2.82. The van der Waals surface area contributed by atoms with E-state index in [1.165, 1.54) is 11.1 Å². The van der Waals surface area contributed by atoms with Crippen LogP contribution in [-0.4, -0.2) is 0 Å². The van der Waals surface area contributed by atoms with Crippen molar-refractivity contribution in [2.45, 2.75) is 13.1 Å². The number of benzene rings is 2. The Labute approximate surface area is 165 Å². The number of hydrogen-bond acceptors (Lipinski definition) is 2. The first kappa shape index (κ1) is 18.0. The lowest BCUT2D eigenvalue weighted by Crippen LogP contribution is -2.29. The third-order valence-electron chi connectivity index (χ3n) is 4.93. The lowest BCUT2D eigenvalue weighted by Gasteiger charge is -2.02. The zero-order chi connectivity index (χ0) is 19.3. The van der Waals surface area contributed by atoms with Crippen molar-refractivity contribution >= 4 is 0 Å². The molecule has 0 fully saturated rings. The molecule has 138 valence electrons. The fraction of sp³-hybridized carbons (Fsp3) is 0.0833. The highest BCUT2D eigenvalue weighted by Gasteiger charge is 2.09. The lowest BCUT2D eigenvalue weighted by atomic mass is 10.1. The van der Waals surface area contributed by atoms with Gasteiger partial charge in [-0.15, -0.1) is 0 Å². The number of pyridine rings is 2. The van der Waals surface area contributed by atoms with Gasteiger partial charge in [-0.3, -0.25) is 0 Å². The smallest absolute Gasteiger partial charge is 0.210 e. The maximum absolute atomic E-state index is 5.67. The average Bonchev–Trinajstić information content (AvgIpc) is 2.79. The van der Waals surface area contributed by atoms with Gasteiger partial charge in [-0.1, -0.05) is 24.3 Å². The Morgan fingerprint density at radius 3 is 1.07 bits per heavy atom. The fourth-order valence-corrected chi connectivity index (χ4v) is 3.19. The van der Waals surface area contributed by atoms with Gasteiger partial charge in [0, 0.05) is 61.6 Å². The molecule has 2 heterocycles. The van der Waals surface area contributed by atoms with Crippen molar-refractivity contribution in [3.63, 3.8) is 0 Å². The molecule has 0 amide bonds. The van der Waals surface area contributed by atoms with Crippen LogP contribution in [0.3, 0.4) is 0 Å². The van der Waals surface area contributed by atoms with Crippen molar-refractivity contribution in [1.82, 2.24) is 0 Å². The van der Waals surface area contributed by atoms with Gasteiger partial charge < -0.3 is 11.5 Å². The largest absolute Gasteiger partial charge is 0.326 e. The molecule has 2 aromatic carbocycles. The molecule has 0 saturated carbocycles. The number of aromatic nitrogens is 2. The molecule has 2 aromatic heterocycles. The summed E-state index contributed by atoms with van der Waals surface area (Å²) in [5.41, 5.74) is 18.2. The summed E-state index contributed by atoms with van der Waals surface area (Å²) in [7, 11) is 0. The van der Waals surface area contributed by atoms with Crippen LogP contribution < -0.4 is 20.6 Å². The summed E-state index contributed by atoms with van der Waals surface area (Å²) in [5.74, 6) is 0. The number of hydrogen-bond donors (Lipinski definition) is 2. The molecule has 0 aliphatic rings. The van der Waals surface area contributed by atoms with Crippen LogP contribution in [0.5, 0.6) is 0 Å². The minimum atomic E-state index is 0.565. The summed E-state index contributed by atoms with van der Waals surface area (Å²) < 4.78 is 4.21. The first-order valence-corrected chi connectivity index (χ1v) is 9.38. The molecule has 28 heavy (non-hydrogen) atoms. The molecule has 4 heteroatoms. The third-order valence-corrected chi connectivity index (χ3v) is 4.93. The summed E-state index contributed by atoms with van der Waals surface area (Å²) >= 11 is 0. The van der Waals surface area contributed by atoms with E-state index in [2.05, 4.69) is 107 Å². The maximum atomic E-state index is 5.67. The van der Waals surface area contributed by atoms with E-state index < -0.39 is 0 Å². The van der Waals surface area contributed by atoms with Gasteiger partial charge in [-0.25, -0.2) is 0 Å². The Kier molecular flexibility index (Phi) is 5.24. The summed E-state index contributed by atoms with van der Waals surface area (Å²) in [5, 5.41) is 0. The lowest BCUT2D eigenvalue weighted by molar-refractivity contribution is -0.596. The molecular weight excluding hydrogens is 344 g/mol. The molecule has 4 rings (SSSR count). The number of nitrogens with two attached hydrogens (primary N) is 2. The van der Waals surface area contributed by atoms with Crippen molar-refractivity contribution in [2.75, 3.05) is 0 Å². The van der Waals surface area contributed by atoms with Crippen LogP contribution in [-0.2, 0) is 13.1 Å². The highest BCUT2D eigenvalue weighted by Crippen LogP contribution is 2.17. The topological polar surface area (TPSA) is 59.8 Å². The molecule has 0 atom stereocenters. The second-order valence-electron chi connectivity index (χ2n) is 6.73. The summed E-state index contributed by atoms with van der Waals surface area (Å²) in [6, 6.07) is 25.1. The molecule has 0 radical (unpaired) electrons. The molecule has 4 nitrogen and oxygen atoms in total. The molecule has 0 aliphatic heterocycles.